The lowest BCUT2D eigenvalue weighted by molar-refractivity contribution is 0.557. The fraction of sp³-hybridized carbons (Fsp3) is 0.357. The molecule has 1 aliphatic carbocycles. The first kappa shape index (κ1) is 11.2. The van der Waals surface area contributed by atoms with Gasteiger partial charge in [0.2, 0.25) is 0 Å². The summed E-state index contributed by atoms with van der Waals surface area (Å²) < 4.78 is 0. The van der Waals surface area contributed by atoms with Gasteiger partial charge in [0.1, 0.15) is 7.85 Å². The Balaban J connectivity index is 2.51. The van der Waals surface area contributed by atoms with E-state index in [9.17, 15) is 0 Å². The molecule has 1 nitrogen and oxygen atoms in total. The molecule has 16 heavy (non-hydrogen) atoms. The molecule has 1 aliphatic rings. The van der Waals surface area contributed by atoms with Gasteiger partial charge in [0, 0.05) is 17.3 Å². The molecular weight excluding hydrogens is 193 g/mol. The van der Waals surface area contributed by atoms with Gasteiger partial charge >= 0.3 is 0 Å². The van der Waals surface area contributed by atoms with E-state index < -0.39 is 0 Å². The monoisotopic (exact) mass is 211 g/mol. The number of nitrogens with zero attached hydrogens (tertiary/aromatic N) is 1. The number of allylic oxidation sites excluding steroid dienone is 4. The molecule has 82 valence electrons. The summed E-state index contributed by atoms with van der Waals surface area (Å²) in [6, 6.07) is 6.16. The maximum Gasteiger partial charge on any atom is 0.112 e. The molecule has 0 N–H and O–H groups in total. The Morgan fingerprint density at radius 2 is 2.06 bits per heavy atom. The van der Waals surface area contributed by atoms with Crippen molar-refractivity contribution in [2.24, 2.45) is 0 Å². The number of hydrogen-bond donors (Lipinski definition) is 0. The molecule has 2 unspecified atom stereocenters. The van der Waals surface area contributed by atoms with Crippen LogP contribution < -0.4 is 0 Å². The normalized spacial score (nSPS) is 29.6. The van der Waals surface area contributed by atoms with Crippen LogP contribution in [-0.4, -0.2) is 12.8 Å². The standard InChI is InChI=1S/C14H18BN/c1-10-8-11(2)13(15)14(3,9-10)12-6-4-5-7-16-12/h4-9,13H,15H2,1-3H3. The van der Waals surface area contributed by atoms with Gasteiger partial charge in [0.05, 0.1) is 0 Å². The van der Waals surface area contributed by atoms with Crippen molar-refractivity contribution in [3.05, 3.63) is 53.4 Å². The molecule has 0 saturated heterocycles. The number of rotatable bonds is 1. The third-order valence-electron chi connectivity index (χ3n) is 3.78. The lowest BCUT2D eigenvalue weighted by Gasteiger charge is -2.36. The zero-order valence-electron chi connectivity index (χ0n) is 10.5. The molecule has 0 amide bonds. The average Bonchev–Trinajstić information content (AvgIpc) is 2.27. The van der Waals surface area contributed by atoms with Crippen molar-refractivity contribution >= 4 is 7.85 Å². The topological polar surface area (TPSA) is 12.9 Å². The zero-order chi connectivity index (χ0) is 11.8. The van der Waals surface area contributed by atoms with Crippen LogP contribution in [0, 0.1) is 0 Å². The Kier molecular flexibility index (Phi) is 2.75. The third kappa shape index (κ3) is 1.73. The minimum atomic E-state index is 0.0319. The van der Waals surface area contributed by atoms with Crippen LogP contribution in [0.4, 0.5) is 0 Å². The summed E-state index contributed by atoms with van der Waals surface area (Å²) in [5, 5.41) is 0. The van der Waals surface area contributed by atoms with Crippen molar-refractivity contribution in [3.8, 4) is 0 Å². The van der Waals surface area contributed by atoms with Gasteiger partial charge in [0.25, 0.3) is 0 Å². The molecule has 1 heterocycles. The van der Waals surface area contributed by atoms with Crippen LogP contribution in [0.2, 0.25) is 5.82 Å². The fourth-order valence-electron chi connectivity index (χ4n) is 2.57. The van der Waals surface area contributed by atoms with E-state index in [0.29, 0.717) is 5.82 Å². The maximum absolute atomic E-state index is 4.52. The minimum absolute atomic E-state index is 0.0319. The molecule has 2 atom stereocenters. The van der Waals surface area contributed by atoms with E-state index in [4.69, 9.17) is 0 Å². The third-order valence-corrected chi connectivity index (χ3v) is 3.78. The summed E-state index contributed by atoms with van der Waals surface area (Å²) in [6.45, 7) is 6.65. The van der Waals surface area contributed by atoms with E-state index in [-0.39, 0.29) is 5.41 Å². The van der Waals surface area contributed by atoms with Crippen molar-refractivity contribution in [2.75, 3.05) is 0 Å². The van der Waals surface area contributed by atoms with Crippen LogP contribution in [0.3, 0.4) is 0 Å². The van der Waals surface area contributed by atoms with E-state index >= 15 is 0 Å². The molecule has 1 aromatic rings. The van der Waals surface area contributed by atoms with Crippen molar-refractivity contribution < 1.29 is 0 Å². The summed E-state index contributed by atoms with van der Waals surface area (Å²) in [5.74, 6) is 0.506. The highest BCUT2D eigenvalue weighted by atomic mass is 14.7. The average molecular weight is 211 g/mol. The van der Waals surface area contributed by atoms with E-state index in [1.54, 1.807) is 0 Å². The van der Waals surface area contributed by atoms with Gasteiger partial charge in [0.15, 0.2) is 0 Å². The van der Waals surface area contributed by atoms with Crippen LogP contribution in [0.15, 0.2) is 47.7 Å². The van der Waals surface area contributed by atoms with Crippen molar-refractivity contribution in [3.63, 3.8) is 0 Å². The molecule has 0 aromatic carbocycles. The largest absolute Gasteiger partial charge is 0.260 e. The summed E-state index contributed by atoms with van der Waals surface area (Å²) >= 11 is 0. The van der Waals surface area contributed by atoms with E-state index in [1.165, 1.54) is 11.1 Å². The number of aromatic nitrogens is 1. The molecule has 2 rings (SSSR count). The molecule has 0 radical (unpaired) electrons. The van der Waals surface area contributed by atoms with Gasteiger partial charge in [-0.05, 0) is 31.8 Å². The highest BCUT2D eigenvalue weighted by Gasteiger charge is 2.34. The predicted molar refractivity (Wildman–Crippen MR) is 71.4 cm³/mol. The molecular formula is C14H18BN. The van der Waals surface area contributed by atoms with Gasteiger partial charge in [-0.15, -0.1) is 0 Å². The fourth-order valence-corrected chi connectivity index (χ4v) is 2.57. The second kappa shape index (κ2) is 3.93. The first-order chi connectivity index (χ1) is 7.54. The van der Waals surface area contributed by atoms with Gasteiger partial charge in [-0.3, -0.25) is 4.98 Å². The second-order valence-corrected chi connectivity index (χ2v) is 5.00. The lowest BCUT2D eigenvalue weighted by atomic mass is 9.58. The van der Waals surface area contributed by atoms with Crippen molar-refractivity contribution in [1.29, 1.82) is 0 Å². The zero-order valence-corrected chi connectivity index (χ0v) is 10.5. The van der Waals surface area contributed by atoms with Gasteiger partial charge < -0.3 is 0 Å². The first-order valence-electron chi connectivity index (χ1n) is 5.83. The van der Waals surface area contributed by atoms with Crippen molar-refractivity contribution in [1.82, 2.24) is 4.98 Å². The van der Waals surface area contributed by atoms with E-state index in [2.05, 4.69) is 57.9 Å². The molecule has 0 spiro atoms. The quantitative estimate of drug-likeness (QED) is 0.650. The van der Waals surface area contributed by atoms with Gasteiger partial charge in [-0.1, -0.05) is 36.3 Å². The van der Waals surface area contributed by atoms with E-state index in [0.717, 1.165) is 5.69 Å². The first-order valence-corrected chi connectivity index (χ1v) is 5.83. The molecule has 0 fully saturated rings. The van der Waals surface area contributed by atoms with E-state index in [1.807, 2.05) is 12.3 Å². The molecule has 0 aliphatic heterocycles. The van der Waals surface area contributed by atoms with Crippen LogP contribution in [0.5, 0.6) is 0 Å². The Morgan fingerprint density at radius 3 is 2.69 bits per heavy atom. The minimum Gasteiger partial charge on any atom is -0.260 e. The number of hydrogen-bond acceptors (Lipinski definition) is 1. The second-order valence-electron chi connectivity index (χ2n) is 5.00. The predicted octanol–water partition coefficient (Wildman–Crippen LogP) is 2.67. The summed E-state index contributed by atoms with van der Waals surface area (Å²) in [7, 11) is 2.28. The molecule has 0 bridgehead atoms. The SMILES string of the molecule is BC1C(C)=CC(C)=CC1(C)c1ccccn1. The van der Waals surface area contributed by atoms with Crippen LogP contribution in [0.1, 0.15) is 26.5 Å². The molecule has 2 heteroatoms. The Morgan fingerprint density at radius 1 is 1.31 bits per heavy atom. The Bertz CT molecular complexity index is 447. The van der Waals surface area contributed by atoms with Crippen molar-refractivity contribution in [2.45, 2.75) is 32.0 Å². The lowest BCUT2D eigenvalue weighted by Crippen LogP contribution is -2.30. The van der Waals surface area contributed by atoms with Gasteiger partial charge in [-0.25, -0.2) is 0 Å². The maximum atomic E-state index is 4.52. The van der Waals surface area contributed by atoms with Gasteiger partial charge in [-0.2, -0.15) is 0 Å². The smallest absolute Gasteiger partial charge is 0.112 e. The summed E-state index contributed by atoms with van der Waals surface area (Å²) in [5.41, 5.74) is 3.97. The highest BCUT2D eigenvalue weighted by Crippen LogP contribution is 2.43. The Labute approximate surface area is 98.7 Å². The summed E-state index contributed by atoms with van der Waals surface area (Å²) in [6.07, 6.45) is 6.49. The highest BCUT2D eigenvalue weighted by molar-refractivity contribution is 6.15. The summed E-state index contributed by atoms with van der Waals surface area (Å²) in [4.78, 5) is 4.52. The van der Waals surface area contributed by atoms with Crippen LogP contribution in [-0.2, 0) is 5.41 Å². The molecule has 0 saturated carbocycles. The van der Waals surface area contributed by atoms with Crippen LogP contribution >= 0.6 is 0 Å². The Hall–Kier alpha value is -1.31. The molecule has 1 aromatic heterocycles. The number of pyridine rings is 1. The van der Waals surface area contributed by atoms with Crippen LogP contribution in [0.25, 0.3) is 0 Å².